The Morgan fingerprint density at radius 2 is 2.29 bits per heavy atom. The van der Waals surface area contributed by atoms with Crippen molar-refractivity contribution < 1.29 is 4.79 Å². The number of hydrogen-bond donors (Lipinski definition) is 2. The van der Waals surface area contributed by atoms with Gasteiger partial charge in [-0.2, -0.15) is 0 Å². The number of aromatic amines is 1. The van der Waals surface area contributed by atoms with Crippen molar-refractivity contribution in [3.63, 3.8) is 0 Å². The molecule has 0 aliphatic rings. The molecule has 17 heavy (non-hydrogen) atoms. The Hall–Kier alpha value is -2.17. The third-order valence-corrected chi connectivity index (χ3v) is 2.36. The maximum atomic E-state index is 11.8. The Balaban J connectivity index is 1.85. The average Bonchev–Trinajstić information content (AvgIpc) is 2.82. The van der Waals surface area contributed by atoms with Crippen LogP contribution in [0.15, 0.2) is 30.7 Å². The first-order valence-electron chi connectivity index (χ1n) is 5.45. The lowest BCUT2D eigenvalue weighted by molar-refractivity contribution is 0.0954. The summed E-state index contributed by atoms with van der Waals surface area (Å²) in [6.45, 7) is 2.42. The summed E-state index contributed by atoms with van der Waals surface area (Å²) < 4.78 is 0. The molecule has 1 amide bonds. The zero-order valence-electron chi connectivity index (χ0n) is 9.60. The summed E-state index contributed by atoms with van der Waals surface area (Å²) in [7, 11) is 0. The van der Waals surface area contributed by atoms with Gasteiger partial charge in [0.1, 0.15) is 5.82 Å². The number of pyridine rings is 1. The van der Waals surface area contributed by atoms with E-state index in [1.54, 1.807) is 30.7 Å². The molecule has 2 aromatic heterocycles. The topological polar surface area (TPSA) is 70.7 Å². The van der Waals surface area contributed by atoms with E-state index in [1.165, 1.54) is 0 Å². The predicted molar refractivity (Wildman–Crippen MR) is 63.6 cm³/mol. The zero-order chi connectivity index (χ0) is 12.1. The molecular weight excluding hydrogens is 216 g/mol. The van der Waals surface area contributed by atoms with Crippen LogP contribution in [0.25, 0.3) is 0 Å². The number of nitrogens with one attached hydrogen (secondary N) is 2. The lowest BCUT2D eigenvalue weighted by atomic mass is 10.2. The van der Waals surface area contributed by atoms with E-state index in [2.05, 4.69) is 20.3 Å². The molecule has 0 atom stereocenters. The smallest absolute Gasteiger partial charge is 0.251 e. The Morgan fingerprint density at radius 3 is 3.00 bits per heavy atom. The normalized spacial score (nSPS) is 10.2. The molecule has 2 heterocycles. The van der Waals surface area contributed by atoms with Gasteiger partial charge in [0.05, 0.1) is 0 Å². The number of aromatic nitrogens is 3. The highest BCUT2D eigenvalue weighted by Gasteiger charge is 2.05. The molecule has 5 nitrogen and oxygen atoms in total. The Bertz CT molecular complexity index is 493. The van der Waals surface area contributed by atoms with Gasteiger partial charge in [-0.05, 0) is 19.1 Å². The van der Waals surface area contributed by atoms with Gasteiger partial charge in [0, 0.05) is 42.8 Å². The van der Waals surface area contributed by atoms with E-state index in [4.69, 9.17) is 0 Å². The molecule has 2 rings (SSSR count). The number of imidazole rings is 1. The largest absolute Gasteiger partial charge is 0.352 e. The van der Waals surface area contributed by atoms with Crippen LogP contribution in [0, 0.1) is 6.92 Å². The summed E-state index contributed by atoms with van der Waals surface area (Å²) in [6, 6.07) is 3.47. The van der Waals surface area contributed by atoms with Gasteiger partial charge >= 0.3 is 0 Å². The Morgan fingerprint density at radius 1 is 1.41 bits per heavy atom. The first kappa shape index (κ1) is 11.3. The molecule has 2 aromatic rings. The second-order valence-electron chi connectivity index (χ2n) is 3.73. The maximum absolute atomic E-state index is 11.8. The minimum atomic E-state index is -0.0814. The summed E-state index contributed by atoms with van der Waals surface area (Å²) in [5.41, 5.74) is 1.47. The number of carbonyl (C=O) groups is 1. The number of nitrogens with zero attached hydrogens (tertiary/aromatic N) is 2. The van der Waals surface area contributed by atoms with Crippen molar-refractivity contribution in [2.75, 3.05) is 6.54 Å². The quantitative estimate of drug-likeness (QED) is 0.825. The molecule has 0 saturated carbocycles. The monoisotopic (exact) mass is 230 g/mol. The van der Waals surface area contributed by atoms with Crippen molar-refractivity contribution in [2.45, 2.75) is 13.3 Å². The van der Waals surface area contributed by atoms with Gasteiger partial charge in [-0.1, -0.05) is 0 Å². The first-order valence-corrected chi connectivity index (χ1v) is 5.45. The SMILES string of the molecule is Cc1cc(C(=O)NCCc2ncc[nH]2)ccn1. The highest BCUT2D eigenvalue weighted by Crippen LogP contribution is 2.00. The van der Waals surface area contributed by atoms with Crippen molar-refractivity contribution in [1.29, 1.82) is 0 Å². The third kappa shape index (κ3) is 3.14. The van der Waals surface area contributed by atoms with Crippen molar-refractivity contribution in [2.24, 2.45) is 0 Å². The van der Waals surface area contributed by atoms with Crippen LogP contribution in [0.5, 0.6) is 0 Å². The van der Waals surface area contributed by atoms with Gasteiger partial charge in [0.25, 0.3) is 5.91 Å². The standard InChI is InChI=1S/C12H14N4O/c1-9-8-10(2-4-13-9)12(17)16-5-3-11-14-6-7-15-11/h2,4,6-8H,3,5H2,1H3,(H,14,15)(H,16,17). The van der Waals surface area contributed by atoms with Crippen LogP contribution in [0.1, 0.15) is 21.9 Å². The fourth-order valence-electron chi connectivity index (χ4n) is 1.52. The van der Waals surface area contributed by atoms with Crippen LogP contribution in [-0.2, 0) is 6.42 Å². The van der Waals surface area contributed by atoms with Gasteiger partial charge < -0.3 is 10.3 Å². The molecule has 0 aliphatic carbocycles. The average molecular weight is 230 g/mol. The van der Waals surface area contributed by atoms with Gasteiger partial charge in [-0.3, -0.25) is 9.78 Å². The molecule has 0 spiro atoms. The molecule has 88 valence electrons. The third-order valence-electron chi connectivity index (χ3n) is 2.36. The molecule has 0 unspecified atom stereocenters. The fourth-order valence-corrected chi connectivity index (χ4v) is 1.52. The fraction of sp³-hybridized carbons (Fsp3) is 0.250. The van der Waals surface area contributed by atoms with E-state index >= 15 is 0 Å². The Labute approximate surface area is 99.3 Å². The molecule has 0 bridgehead atoms. The minimum absolute atomic E-state index is 0.0814. The van der Waals surface area contributed by atoms with Gasteiger partial charge in [0.2, 0.25) is 0 Å². The van der Waals surface area contributed by atoms with Crippen LogP contribution in [0.4, 0.5) is 0 Å². The predicted octanol–water partition coefficient (Wildman–Crippen LogP) is 1.09. The highest BCUT2D eigenvalue weighted by molar-refractivity contribution is 5.94. The minimum Gasteiger partial charge on any atom is -0.352 e. The van der Waals surface area contributed by atoms with E-state index in [9.17, 15) is 4.79 Å². The van der Waals surface area contributed by atoms with Gasteiger partial charge in [-0.25, -0.2) is 4.98 Å². The highest BCUT2D eigenvalue weighted by atomic mass is 16.1. The van der Waals surface area contributed by atoms with Crippen molar-refractivity contribution in [1.82, 2.24) is 20.3 Å². The molecular formula is C12H14N4O. The Kier molecular flexibility index (Phi) is 3.49. The summed E-state index contributed by atoms with van der Waals surface area (Å²) in [5, 5.41) is 2.84. The first-order chi connectivity index (χ1) is 8.25. The second-order valence-corrected chi connectivity index (χ2v) is 3.73. The van der Waals surface area contributed by atoms with E-state index in [0.29, 0.717) is 18.5 Å². The number of aryl methyl sites for hydroxylation is 1. The van der Waals surface area contributed by atoms with Crippen LogP contribution in [0.2, 0.25) is 0 Å². The van der Waals surface area contributed by atoms with Gasteiger partial charge in [-0.15, -0.1) is 0 Å². The van der Waals surface area contributed by atoms with Crippen LogP contribution in [0.3, 0.4) is 0 Å². The van der Waals surface area contributed by atoms with Crippen LogP contribution >= 0.6 is 0 Å². The molecule has 2 N–H and O–H groups in total. The zero-order valence-corrected chi connectivity index (χ0v) is 9.60. The van der Waals surface area contributed by atoms with Crippen molar-refractivity contribution in [3.05, 3.63) is 47.8 Å². The summed E-state index contributed by atoms with van der Waals surface area (Å²) in [6.07, 6.45) is 5.80. The maximum Gasteiger partial charge on any atom is 0.251 e. The number of H-pyrrole nitrogens is 1. The molecule has 0 fully saturated rings. The van der Waals surface area contributed by atoms with Crippen molar-refractivity contribution >= 4 is 5.91 Å². The number of rotatable bonds is 4. The summed E-state index contributed by atoms with van der Waals surface area (Å²) in [5.74, 6) is 0.790. The molecule has 0 radical (unpaired) electrons. The van der Waals surface area contributed by atoms with E-state index < -0.39 is 0 Å². The lowest BCUT2D eigenvalue weighted by Gasteiger charge is -2.04. The van der Waals surface area contributed by atoms with Crippen LogP contribution < -0.4 is 5.32 Å². The number of hydrogen-bond acceptors (Lipinski definition) is 3. The molecule has 0 aliphatic heterocycles. The molecule has 0 saturated heterocycles. The van der Waals surface area contributed by atoms with Gasteiger partial charge in [0.15, 0.2) is 0 Å². The number of amides is 1. The second kappa shape index (κ2) is 5.25. The lowest BCUT2D eigenvalue weighted by Crippen LogP contribution is -2.26. The summed E-state index contributed by atoms with van der Waals surface area (Å²) in [4.78, 5) is 22.9. The summed E-state index contributed by atoms with van der Waals surface area (Å²) >= 11 is 0. The molecule has 0 aromatic carbocycles. The number of carbonyl (C=O) groups excluding carboxylic acids is 1. The van der Waals surface area contributed by atoms with E-state index in [0.717, 1.165) is 11.5 Å². The van der Waals surface area contributed by atoms with E-state index in [-0.39, 0.29) is 5.91 Å². The van der Waals surface area contributed by atoms with Crippen LogP contribution in [-0.4, -0.2) is 27.4 Å². The molecule has 5 heteroatoms. The van der Waals surface area contributed by atoms with E-state index in [1.807, 2.05) is 6.92 Å². The van der Waals surface area contributed by atoms with Crippen molar-refractivity contribution in [3.8, 4) is 0 Å².